The van der Waals surface area contributed by atoms with Crippen LogP contribution in [0.4, 0.5) is 16.0 Å². The number of carbonyl (C=O) groups is 1. The Labute approximate surface area is 129 Å². The number of imidazole rings is 1. The Balaban J connectivity index is 2.03. The van der Waals surface area contributed by atoms with Crippen LogP contribution < -0.4 is 11.1 Å². The van der Waals surface area contributed by atoms with E-state index in [0.717, 1.165) is 0 Å². The second-order valence-corrected chi connectivity index (χ2v) is 5.30. The fraction of sp³-hybridized carbons (Fsp3) is 0.133. The highest BCUT2D eigenvalue weighted by molar-refractivity contribution is 6.60. The number of anilines is 1. The number of aromatic hydroxyl groups is 1. The lowest BCUT2D eigenvalue weighted by Gasteiger charge is -2.09. The van der Waals surface area contributed by atoms with Crippen LogP contribution >= 0.6 is 0 Å². The van der Waals surface area contributed by atoms with Crippen molar-refractivity contribution in [1.82, 2.24) is 15.3 Å². The van der Waals surface area contributed by atoms with Gasteiger partial charge in [-0.2, -0.15) is 4.98 Å². The van der Waals surface area contributed by atoms with E-state index in [2.05, 4.69) is 20.3 Å². The molecule has 0 aliphatic carbocycles. The molecule has 2 aliphatic rings. The number of carbonyl (C=O) groups excluding carboxylic acids is 1. The molecule has 0 fully saturated rings. The lowest BCUT2D eigenvalue weighted by molar-refractivity contribution is -0.114. The number of aromatic amines is 1. The van der Waals surface area contributed by atoms with E-state index in [1.807, 2.05) is 0 Å². The molecule has 2 aromatic rings. The number of halogens is 1. The Morgan fingerprint density at radius 2 is 2.17 bits per heavy atom. The minimum atomic E-state index is -0.426. The normalized spacial score (nSPS) is 16.6. The molecule has 8 heteroatoms. The number of nitrogens with one attached hydrogen (secondary N) is 2. The Bertz CT molecular complexity index is 913. The van der Waals surface area contributed by atoms with E-state index < -0.39 is 5.82 Å². The van der Waals surface area contributed by atoms with Crippen LogP contribution in [0.25, 0.3) is 11.1 Å². The number of rotatable bonds is 1. The molecule has 3 heterocycles. The first-order valence-corrected chi connectivity index (χ1v) is 6.99. The van der Waals surface area contributed by atoms with E-state index in [0.29, 0.717) is 41.1 Å². The van der Waals surface area contributed by atoms with Gasteiger partial charge in [0.25, 0.3) is 5.91 Å². The highest BCUT2D eigenvalue weighted by atomic mass is 19.1. The molecule has 116 valence electrons. The van der Waals surface area contributed by atoms with Gasteiger partial charge in [0.2, 0.25) is 11.8 Å². The summed E-state index contributed by atoms with van der Waals surface area (Å²) in [5.41, 5.74) is 8.24. The molecule has 2 aliphatic heterocycles. The van der Waals surface area contributed by atoms with Crippen LogP contribution in [0.15, 0.2) is 23.2 Å². The van der Waals surface area contributed by atoms with Crippen LogP contribution in [-0.4, -0.2) is 33.2 Å². The van der Waals surface area contributed by atoms with Gasteiger partial charge in [0, 0.05) is 17.7 Å². The molecule has 0 atom stereocenters. The number of benzene rings is 1. The second kappa shape index (κ2) is 4.67. The minimum absolute atomic E-state index is 0.0603. The SMILES string of the molecule is Nc1nc(O)c(C2=C3C(=Nc4ccc(F)cc43)C(=O)NCC2)[nH]1. The zero-order valence-corrected chi connectivity index (χ0v) is 11.9. The number of nitrogen functional groups attached to an aromatic ring is 1. The molecular weight excluding hydrogens is 301 g/mol. The van der Waals surface area contributed by atoms with E-state index in [1.165, 1.54) is 18.2 Å². The molecule has 0 saturated carbocycles. The molecule has 7 nitrogen and oxygen atoms in total. The molecule has 23 heavy (non-hydrogen) atoms. The third-order valence-electron chi connectivity index (χ3n) is 3.88. The van der Waals surface area contributed by atoms with Crippen molar-refractivity contribution in [1.29, 1.82) is 0 Å². The summed E-state index contributed by atoms with van der Waals surface area (Å²) in [6.45, 7) is 0.361. The maximum absolute atomic E-state index is 13.7. The Morgan fingerprint density at radius 1 is 1.35 bits per heavy atom. The van der Waals surface area contributed by atoms with E-state index in [1.54, 1.807) is 0 Å². The summed E-state index contributed by atoms with van der Waals surface area (Å²) in [5, 5.41) is 12.7. The highest BCUT2D eigenvalue weighted by Gasteiger charge is 2.33. The van der Waals surface area contributed by atoms with Gasteiger partial charge in [-0.3, -0.25) is 4.79 Å². The maximum atomic E-state index is 13.7. The van der Waals surface area contributed by atoms with Crippen LogP contribution in [0.3, 0.4) is 0 Å². The van der Waals surface area contributed by atoms with Crippen LogP contribution in [-0.2, 0) is 4.79 Å². The molecule has 0 radical (unpaired) electrons. The standard InChI is InChI=1S/C15H12FN5O2/c16-6-1-2-9-8(5-6)10-7(11-14(23)21-15(17)20-11)3-4-18-13(22)12(10)19-9/h1-2,5,23H,3-4H2,(H,18,22)(H3,17,20,21). The lowest BCUT2D eigenvalue weighted by Crippen LogP contribution is -2.29. The van der Waals surface area contributed by atoms with Crippen LogP contribution in [0.5, 0.6) is 5.88 Å². The predicted molar refractivity (Wildman–Crippen MR) is 82.6 cm³/mol. The van der Waals surface area contributed by atoms with Crippen molar-refractivity contribution in [2.75, 3.05) is 12.3 Å². The van der Waals surface area contributed by atoms with Crippen molar-refractivity contribution in [3.05, 3.63) is 35.3 Å². The first kappa shape index (κ1) is 13.5. The molecule has 0 bridgehead atoms. The van der Waals surface area contributed by atoms with Crippen molar-refractivity contribution >= 4 is 34.4 Å². The van der Waals surface area contributed by atoms with Gasteiger partial charge in [0.15, 0.2) is 0 Å². The first-order valence-electron chi connectivity index (χ1n) is 6.99. The fourth-order valence-corrected chi connectivity index (χ4v) is 2.93. The average molecular weight is 313 g/mol. The van der Waals surface area contributed by atoms with Gasteiger partial charge in [-0.15, -0.1) is 0 Å². The van der Waals surface area contributed by atoms with Gasteiger partial charge in [-0.05, 0) is 30.2 Å². The van der Waals surface area contributed by atoms with Crippen molar-refractivity contribution < 1.29 is 14.3 Å². The number of aliphatic imine (C=N–C) groups is 1. The Kier molecular flexibility index (Phi) is 2.74. The lowest BCUT2D eigenvalue weighted by atomic mass is 9.94. The van der Waals surface area contributed by atoms with Gasteiger partial charge < -0.3 is 21.1 Å². The van der Waals surface area contributed by atoms with Crippen molar-refractivity contribution in [2.24, 2.45) is 4.99 Å². The number of hydrogen-bond acceptors (Lipinski definition) is 5. The minimum Gasteiger partial charge on any atom is -0.492 e. The predicted octanol–water partition coefficient (Wildman–Crippen LogP) is 1.35. The number of aromatic nitrogens is 2. The number of amides is 1. The second-order valence-electron chi connectivity index (χ2n) is 5.30. The van der Waals surface area contributed by atoms with Crippen molar-refractivity contribution in [2.45, 2.75) is 6.42 Å². The zero-order chi connectivity index (χ0) is 16.1. The van der Waals surface area contributed by atoms with Crippen LogP contribution in [0.1, 0.15) is 17.7 Å². The molecule has 1 amide bonds. The summed E-state index contributed by atoms with van der Waals surface area (Å²) in [6.07, 6.45) is 0.422. The summed E-state index contributed by atoms with van der Waals surface area (Å²) >= 11 is 0. The fourth-order valence-electron chi connectivity index (χ4n) is 2.93. The summed E-state index contributed by atoms with van der Waals surface area (Å²) in [5.74, 6) is -0.961. The summed E-state index contributed by atoms with van der Waals surface area (Å²) in [6, 6.07) is 4.14. The number of fused-ring (bicyclic) bond motifs is 3. The van der Waals surface area contributed by atoms with E-state index in [9.17, 15) is 14.3 Å². The van der Waals surface area contributed by atoms with Crippen molar-refractivity contribution in [3.8, 4) is 5.88 Å². The molecular formula is C15H12FN5O2. The molecule has 5 N–H and O–H groups in total. The monoisotopic (exact) mass is 313 g/mol. The third kappa shape index (κ3) is 1.99. The van der Waals surface area contributed by atoms with Crippen molar-refractivity contribution in [3.63, 3.8) is 0 Å². The van der Waals surface area contributed by atoms with Gasteiger partial charge in [-0.25, -0.2) is 9.38 Å². The summed E-state index contributed by atoms with van der Waals surface area (Å²) in [7, 11) is 0. The van der Waals surface area contributed by atoms with Crippen LogP contribution in [0.2, 0.25) is 0 Å². The third-order valence-corrected chi connectivity index (χ3v) is 3.88. The quantitative estimate of drug-likeness (QED) is 0.636. The summed E-state index contributed by atoms with van der Waals surface area (Å²) in [4.78, 5) is 23.1. The van der Waals surface area contributed by atoms with Gasteiger partial charge >= 0.3 is 0 Å². The maximum Gasteiger partial charge on any atom is 0.270 e. The van der Waals surface area contributed by atoms with Gasteiger partial charge in [0.05, 0.1) is 5.69 Å². The Morgan fingerprint density at radius 3 is 2.91 bits per heavy atom. The van der Waals surface area contributed by atoms with Gasteiger partial charge in [0.1, 0.15) is 17.2 Å². The Hall–Kier alpha value is -3.16. The molecule has 0 unspecified atom stereocenters. The topological polar surface area (TPSA) is 116 Å². The number of nitrogens with zero attached hydrogens (tertiary/aromatic N) is 2. The summed E-state index contributed by atoms with van der Waals surface area (Å²) < 4.78 is 13.7. The van der Waals surface area contributed by atoms with Gasteiger partial charge in [-0.1, -0.05) is 0 Å². The average Bonchev–Trinajstić information content (AvgIpc) is 2.98. The number of nitrogens with two attached hydrogens (primary N) is 1. The van der Waals surface area contributed by atoms with E-state index in [-0.39, 0.29) is 23.4 Å². The smallest absolute Gasteiger partial charge is 0.270 e. The number of H-pyrrole nitrogens is 1. The molecule has 0 saturated heterocycles. The van der Waals surface area contributed by atoms with Crippen LogP contribution in [0, 0.1) is 5.82 Å². The largest absolute Gasteiger partial charge is 0.492 e. The molecule has 1 aromatic carbocycles. The van der Waals surface area contributed by atoms with E-state index >= 15 is 0 Å². The number of hydrogen-bond donors (Lipinski definition) is 4. The molecule has 0 spiro atoms. The zero-order valence-electron chi connectivity index (χ0n) is 11.9. The van der Waals surface area contributed by atoms with E-state index in [4.69, 9.17) is 5.73 Å². The highest BCUT2D eigenvalue weighted by Crippen LogP contribution is 2.42. The molecule has 1 aromatic heterocycles. The molecule has 4 rings (SSSR count). The first-order chi connectivity index (χ1) is 11.0.